The second-order valence-corrected chi connectivity index (χ2v) is 25.2. The molecule has 6 aliphatic rings. The van der Waals surface area contributed by atoms with Gasteiger partial charge < -0.3 is 45.0 Å². The van der Waals surface area contributed by atoms with Crippen molar-refractivity contribution >= 4 is 62.4 Å². The van der Waals surface area contributed by atoms with E-state index in [1.165, 1.54) is 4.90 Å². The molecule has 2 bridgehead atoms. The topological polar surface area (TPSA) is 192 Å². The maximum absolute atomic E-state index is 17.3. The lowest BCUT2D eigenvalue weighted by Gasteiger charge is -2.48. The third-order valence-corrected chi connectivity index (χ3v) is 19.5. The van der Waals surface area contributed by atoms with E-state index in [0.29, 0.717) is 52.6 Å². The number of fused-ring (bicyclic) bond motifs is 4. The number of β-amino-alcohol motifs (C(OH)–C–C–N with tert-alkyl or cyclic N) is 1. The van der Waals surface area contributed by atoms with E-state index in [2.05, 4.69) is 47.3 Å². The van der Waals surface area contributed by atoms with Crippen LogP contribution in [-0.2, 0) is 16.0 Å². The summed E-state index contributed by atoms with van der Waals surface area (Å²) in [5, 5.41) is 35.3. The number of carbonyl (C=O) groups is 2. The van der Waals surface area contributed by atoms with E-state index in [4.69, 9.17) is 19.5 Å². The second kappa shape index (κ2) is 21.8. The Balaban J connectivity index is 0.618. The van der Waals surface area contributed by atoms with Gasteiger partial charge in [0.05, 0.1) is 33.6 Å². The molecule has 6 fully saturated rings. The fourth-order valence-electron chi connectivity index (χ4n) is 14.0. The predicted molar refractivity (Wildman–Crippen MR) is 313 cm³/mol. The number of likely N-dealkylation sites (tertiary alicyclic amines) is 2. The summed E-state index contributed by atoms with van der Waals surface area (Å²) in [5.74, 6) is 1.89. The Morgan fingerprint density at radius 2 is 1.65 bits per heavy atom. The van der Waals surface area contributed by atoms with Crippen LogP contribution in [0.1, 0.15) is 101 Å². The van der Waals surface area contributed by atoms with Gasteiger partial charge in [0, 0.05) is 88.2 Å². The number of aryl methyl sites for hydroxylation is 2. The van der Waals surface area contributed by atoms with Crippen molar-refractivity contribution in [3.63, 3.8) is 0 Å². The zero-order chi connectivity index (χ0) is 55.8. The molecule has 0 spiro atoms. The van der Waals surface area contributed by atoms with Crippen molar-refractivity contribution < 1.29 is 28.7 Å². The molecular weight excluding hydrogens is 1040 g/mol. The first kappa shape index (κ1) is 53.5. The van der Waals surface area contributed by atoms with Crippen LogP contribution < -0.4 is 25.3 Å². The van der Waals surface area contributed by atoms with Crippen LogP contribution in [0.4, 0.5) is 22.0 Å². The van der Waals surface area contributed by atoms with Crippen molar-refractivity contribution in [1.29, 1.82) is 0 Å². The van der Waals surface area contributed by atoms with Crippen LogP contribution in [0.5, 0.6) is 5.75 Å². The van der Waals surface area contributed by atoms with Crippen molar-refractivity contribution in [3.05, 3.63) is 101 Å². The first-order valence-electron chi connectivity index (χ1n) is 29.4. The highest BCUT2D eigenvalue weighted by Crippen LogP contribution is 2.42. The molecule has 17 nitrogen and oxygen atoms in total. The van der Waals surface area contributed by atoms with Crippen LogP contribution in [0.3, 0.4) is 0 Å². The molecular formula is C62H73FN12O5S. The standard InChI is InChI=1S/C62H73FN12O5S/c1-6-39-8-7-9-42-21-46(76)22-48(54(39)42)56-55(63)57-49(25-64-56)59(73-28-43-14-15-44(29-73)67-43)69-62(68-57)74-30-45(31-74)71-18-16-37(17-19-71)20-38-26-72(27-38)52-24-51(80-70-52)53(34(2)3)61(79)75-32-47(77)23-50(75)60(78)66-35(4)40-10-12-41(13-11-40)58-36(5)65-33-81-58/h7-13,21-22,24-25,33-35,37-38,43-45,47,50,53,67,76-77H,6,14-20,23,26-32H2,1-5H3,(H,66,78)/t35-,43?,44?,47+,50-,53+/m0/s1. The number of aliphatic hydroxyl groups excluding tert-OH is 1. The molecule has 6 atom stereocenters. The van der Waals surface area contributed by atoms with Crippen LogP contribution in [0, 0.1) is 30.5 Å². The van der Waals surface area contributed by atoms with Crippen molar-refractivity contribution in [3.8, 4) is 27.4 Å². The number of anilines is 3. The van der Waals surface area contributed by atoms with E-state index in [-0.39, 0.29) is 53.7 Å². The Morgan fingerprint density at radius 1 is 0.889 bits per heavy atom. The minimum atomic E-state index is -0.811. The normalized spacial score (nSPS) is 22.7. The van der Waals surface area contributed by atoms with Gasteiger partial charge in [0.15, 0.2) is 17.4 Å². The molecule has 13 rings (SSSR count). The van der Waals surface area contributed by atoms with Gasteiger partial charge in [0.1, 0.15) is 34.7 Å². The first-order chi connectivity index (χ1) is 39.2. The summed E-state index contributed by atoms with van der Waals surface area (Å²) in [6.45, 7) is 17.0. The fraction of sp³-hybridized carbons (Fsp3) is 0.500. The SMILES string of the molecule is CCc1cccc2cc(O)cc(-c3ncc4c(N5CC6CCC(C5)N6)nc(N5CC(N6CCC(CC7CN(c8cc([C@H](C(=O)N9C[C@H](O)C[C@H]9C(=O)N[C@@H](C)c9ccc(-c%10scnc%10C)cc9)C(C)C)on8)C7)CC6)C5)nc4c3F)c12. The van der Waals surface area contributed by atoms with Gasteiger partial charge in [-0.05, 0) is 123 Å². The Hall–Kier alpha value is -6.80. The molecule has 3 aromatic carbocycles. The van der Waals surface area contributed by atoms with Crippen molar-refractivity contribution in [2.24, 2.45) is 17.8 Å². The quantitative estimate of drug-likeness (QED) is 0.0762. The number of hydrogen-bond donors (Lipinski definition) is 4. The van der Waals surface area contributed by atoms with E-state index < -0.39 is 23.9 Å². The zero-order valence-corrected chi connectivity index (χ0v) is 47.7. The van der Waals surface area contributed by atoms with E-state index in [1.807, 2.05) is 81.7 Å². The molecule has 4 aromatic heterocycles. The second-order valence-electron chi connectivity index (χ2n) is 24.3. The predicted octanol–water partition coefficient (Wildman–Crippen LogP) is 8.62. The molecule has 81 heavy (non-hydrogen) atoms. The Morgan fingerprint density at radius 3 is 2.37 bits per heavy atom. The average molecular weight is 1120 g/mol. The number of nitrogens with one attached hydrogen (secondary N) is 2. The number of carbonyl (C=O) groups excluding carboxylic acids is 2. The molecule has 2 amide bonds. The number of nitrogens with zero attached hydrogens (tertiary/aromatic N) is 10. The number of hydrogen-bond acceptors (Lipinski definition) is 16. The van der Waals surface area contributed by atoms with Gasteiger partial charge in [-0.15, -0.1) is 11.3 Å². The van der Waals surface area contributed by atoms with E-state index in [9.17, 15) is 19.8 Å². The number of thiazole rings is 1. The number of phenols is 1. The average Bonchev–Trinajstić information content (AvgIpc) is 4.44. The van der Waals surface area contributed by atoms with Gasteiger partial charge in [0.2, 0.25) is 17.8 Å². The van der Waals surface area contributed by atoms with Crippen molar-refractivity contribution in [2.75, 3.05) is 73.6 Å². The van der Waals surface area contributed by atoms with Crippen LogP contribution in [0.2, 0.25) is 0 Å². The Labute approximate surface area is 475 Å². The van der Waals surface area contributed by atoms with Crippen LogP contribution in [0.15, 0.2) is 76.9 Å². The number of phenolic OH excluding ortho intramolecular Hbond substituents is 1. The number of aliphatic hydroxyl groups is 1. The Bertz CT molecular complexity index is 3470. The molecule has 6 saturated heterocycles. The molecule has 0 radical (unpaired) electrons. The molecule has 424 valence electrons. The maximum atomic E-state index is 17.3. The number of halogens is 1. The highest BCUT2D eigenvalue weighted by Gasteiger charge is 2.45. The van der Waals surface area contributed by atoms with Crippen molar-refractivity contribution in [2.45, 2.75) is 122 Å². The minimum Gasteiger partial charge on any atom is -0.508 e. The van der Waals surface area contributed by atoms with Gasteiger partial charge in [-0.1, -0.05) is 68.4 Å². The summed E-state index contributed by atoms with van der Waals surface area (Å²) in [5.41, 5.74) is 6.91. The molecule has 19 heteroatoms. The highest BCUT2D eigenvalue weighted by atomic mass is 32.1. The molecule has 7 aromatic rings. The number of aromatic hydroxyl groups is 1. The first-order valence-corrected chi connectivity index (χ1v) is 30.2. The van der Waals surface area contributed by atoms with Gasteiger partial charge in [-0.25, -0.2) is 14.4 Å². The number of amides is 2. The maximum Gasteiger partial charge on any atom is 0.243 e. The number of aromatic nitrogens is 5. The van der Waals surface area contributed by atoms with Crippen LogP contribution in [-0.4, -0.2) is 146 Å². The number of rotatable bonds is 15. The zero-order valence-electron chi connectivity index (χ0n) is 46.9. The summed E-state index contributed by atoms with van der Waals surface area (Å²) in [6, 6.07) is 19.3. The lowest BCUT2D eigenvalue weighted by Crippen LogP contribution is -2.61. The molecule has 10 heterocycles. The highest BCUT2D eigenvalue weighted by molar-refractivity contribution is 7.13. The molecule has 2 unspecified atom stereocenters. The lowest BCUT2D eigenvalue weighted by atomic mass is 9.83. The number of benzene rings is 3. The van der Waals surface area contributed by atoms with Gasteiger partial charge >= 0.3 is 0 Å². The summed E-state index contributed by atoms with van der Waals surface area (Å²) in [7, 11) is 0. The third kappa shape index (κ3) is 10.3. The minimum absolute atomic E-state index is 0.0654. The number of piperazine rings is 1. The summed E-state index contributed by atoms with van der Waals surface area (Å²) >= 11 is 1.60. The Kier molecular flexibility index (Phi) is 14.4. The lowest BCUT2D eigenvalue weighted by molar-refractivity contribution is -0.141. The van der Waals surface area contributed by atoms with Crippen LogP contribution in [0.25, 0.3) is 43.4 Å². The van der Waals surface area contributed by atoms with Gasteiger partial charge in [0.25, 0.3) is 0 Å². The molecule has 6 aliphatic heterocycles. The third-order valence-electron chi connectivity index (χ3n) is 18.5. The number of pyridine rings is 1. The fourth-order valence-corrected chi connectivity index (χ4v) is 14.8. The molecule has 4 N–H and O–H groups in total. The van der Waals surface area contributed by atoms with E-state index >= 15 is 4.39 Å². The smallest absolute Gasteiger partial charge is 0.243 e. The van der Waals surface area contributed by atoms with Crippen molar-refractivity contribution in [1.82, 2.24) is 45.5 Å². The molecule has 0 aliphatic carbocycles. The summed E-state index contributed by atoms with van der Waals surface area (Å²) in [4.78, 5) is 59.6. The monoisotopic (exact) mass is 1120 g/mol. The van der Waals surface area contributed by atoms with Gasteiger partial charge in [-0.2, -0.15) is 4.98 Å². The largest absolute Gasteiger partial charge is 0.508 e. The summed E-state index contributed by atoms with van der Waals surface area (Å²) < 4.78 is 23.2. The van der Waals surface area contributed by atoms with E-state index in [1.54, 1.807) is 29.7 Å². The van der Waals surface area contributed by atoms with Crippen LogP contribution >= 0.6 is 11.3 Å². The van der Waals surface area contributed by atoms with E-state index in [0.717, 1.165) is 141 Å². The molecule has 0 saturated carbocycles. The van der Waals surface area contributed by atoms with Gasteiger partial charge in [-0.3, -0.25) is 19.5 Å². The number of piperidine rings is 1. The summed E-state index contributed by atoms with van der Waals surface area (Å²) in [6.07, 6.45) is 7.49.